The van der Waals surface area contributed by atoms with Crippen molar-refractivity contribution in [2.24, 2.45) is 5.92 Å². The van der Waals surface area contributed by atoms with Crippen molar-refractivity contribution in [3.8, 4) is 0 Å². The van der Waals surface area contributed by atoms with Crippen LogP contribution in [0.3, 0.4) is 0 Å². The van der Waals surface area contributed by atoms with Crippen molar-refractivity contribution in [2.75, 3.05) is 0 Å². The summed E-state index contributed by atoms with van der Waals surface area (Å²) in [6.45, 7) is 9.92. The summed E-state index contributed by atoms with van der Waals surface area (Å²) in [6, 6.07) is 0. The summed E-state index contributed by atoms with van der Waals surface area (Å²) < 4.78 is 0. The Labute approximate surface area is 63.8 Å². The summed E-state index contributed by atoms with van der Waals surface area (Å²) in [6.07, 6.45) is 1.45. The highest BCUT2D eigenvalue weighted by Gasteiger charge is 2.05. The molecule has 0 saturated carbocycles. The van der Waals surface area contributed by atoms with Crippen molar-refractivity contribution in [1.29, 1.82) is 0 Å². The van der Waals surface area contributed by atoms with Gasteiger partial charge in [-0.3, -0.25) is 0 Å². The van der Waals surface area contributed by atoms with E-state index < -0.39 is 0 Å². The fourth-order valence-electron chi connectivity index (χ4n) is 1.03. The second-order valence-corrected chi connectivity index (χ2v) is 3.44. The molecule has 0 radical (unpaired) electrons. The Morgan fingerprint density at radius 3 is 2.30 bits per heavy atom. The van der Waals surface area contributed by atoms with Gasteiger partial charge in [-0.2, -0.15) is 0 Å². The summed E-state index contributed by atoms with van der Waals surface area (Å²) >= 11 is 0. The quantitative estimate of drug-likeness (QED) is 0.597. The lowest BCUT2D eigenvalue weighted by Gasteiger charge is -2.11. The molecule has 0 heterocycles. The van der Waals surface area contributed by atoms with Crippen LogP contribution >= 0.6 is 0 Å². The van der Waals surface area contributed by atoms with Gasteiger partial charge in [-0.25, -0.2) is 0 Å². The van der Waals surface area contributed by atoms with Crippen molar-refractivity contribution >= 4 is 0 Å². The average molecular weight is 142 g/mol. The third-order valence-electron chi connectivity index (χ3n) is 1.33. The summed E-state index contributed by atoms with van der Waals surface area (Å²) in [4.78, 5) is 0. The molecule has 1 unspecified atom stereocenters. The van der Waals surface area contributed by atoms with Crippen molar-refractivity contribution in [1.82, 2.24) is 0 Å². The second-order valence-electron chi connectivity index (χ2n) is 3.44. The molecular formula is C9H18O. The van der Waals surface area contributed by atoms with Crippen LogP contribution in [0.4, 0.5) is 0 Å². The van der Waals surface area contributed by atoms with E-state index in [9.17, 15) is 5.11 Å². The molecule has 1 heteroatoms. The van der Waals surface area contributed by atoms with Gasteiger partial charge < -0.3 is 5.11 Å². The van der Waals surface area contributed by atoms with Crippen molar-refractivity contribution in [3.63, 3.8) is 0 Å². The normalized spacial score (nSPS) is 13.7. The number of hydrogen-bond donors (Lipinski definition) is 1. The summed E-state index contributed by atoms with van der Waals surface area (Å²) in [5, 5.41) is 9.33. The van der Waals surface area contributed by atoms with Gasteiger partial charge in [0.2, 0.25) is 0 Å². The first-order chi connectivity index (χ1) is 4.52. The molecule has 10 heavy (non-hydrogen) atoms. The van der Waals surface area contributed by atoms with E-state index in [4.69, 9.17) is 0 Å². The zero-order valence-corrected chi connectivity index (χ0v) is 7.22. The van der Waals surface area contributed by atoms with Crippen LogP contribution in [0.1, 0.15) is 33.6 Å². The number of aliphatic hydroxyl groups excluding tert-OH is 1. The fourth-order valence-corrected chi connectivity index (χ4v) is 1.03. The maximum absolute atomic E-state index is 9.33. The third kappa shape index (κ3) is 5.83. The average Bonchev–Trinajstić information content (AvgIpc) is 1.58. The minimum absolute atomic E-state index is 0.183. The van der Waals surface area contributed by atoms with Gasteiger partial charge in [-0.15, -0.1) is 6.58 Å². The van der Waals surface area contributed by atoms with Crippen LogP contribution in [0.15, 0.2) is 12.2 Å². The van der Waals surface area contributed by atoms with E-state index in [1.165, 1.54) is 0 Å². The zero-order valence-electron chi connectivity index (χ0n) is 7.22. The molecule has 0 spiro atoms. The first-order valence-electron chi connectivity index (χ1n) is 3.84. The third-order valence-corrected chi connectivity index (χ3v) is 1.33. The highest BCUT2D eigenvalue weighted by atomic mass is 16.3. The van der Waals surface area contributed by atoms with Crippen LogP contribution < -0.4 is 0 Å². The van der Waals surface area contributed by atoms with E-state index in [2.05, 4.69) is 20.4 Å². The Kier molecular flexibility index (Phi) is 4.37. The van der Waals surface area contributed by atoms with E-state index in [0.717, 1.165) is 18.4 Å². The SMILES string of the molecule is C=C(C)CC(O)CC(C)C. The van der Waals surface area contributed by atoms with Crippen molar-refractivity contribution in [3.05, 3.63) is 12.2 Å². The van der Waals surface area contributed by atoms with E-state index >= 15 is 0 Å². The Morgan fingerprint density at radius 1 is 1.50 bits per heavy atom. The fraction of sp³-hybridized carbons (Fsp3) is 0.778. The first-order valence-corrected chi connectivity index (χ1v) is 3.84. The molecule has 0 aromatic heterocycles. The number of rotatable bonds is 4. The number of aliphatic hydroxyl groups is 1. The molecule has 0 aromatic rings. The molecule has 1 N–H and O–H groups in total. The van der Waals surface area contributed by atoms with Crippen LogP contribution in [0.5, 0.6) is 0 Å². The van der Waals surface area contributed by atoms with Gasteiger partial charge in [0.1, 0.15) is 0 Å². The van der Waals surface area contributed by atoms with Gasteiger partial charge in [0, 0.05) is 0 Å². The van der Waals surface area contributed by atoms with E-state index in [0.29, 0.717) is 5.92 Å². The second kappa shape index (κ2) is 4.51. The molecule has 0 aromatic carbocycles. The minimum Gasteiger partial charge on any atom is -0.393 e. The summed E-state index contributed by atoms with van der Waals surface area (Å²) in [5.41, 5.74) is 1.06. The molecule has 0 aliphatic heterocycles. The van der Waals surface area contributed by atoms with E-state index in [-0.39, 0.29) is 6.10 Å². The number of hydrogen-bond acceptors (Lipinski definition) is 1. The minimum atomic E-state index is -0.183. The first kappa shape index (κ1) is 9.70. The summed E-state index contributed by atoms with van der Waals surface area (Å²) in [7, 11) is 0. The predicted octanol–water partition coefficient (Wildman–Crippen LogP) is 2.36. The maximum atomic E-state index is 9.33. The van der Waals surface area contributed by atoms with Gasteiger partial charge in [-0.1, -0.05) is 19.4 Å². The van der Waals surface area contributed by atoms with Crippen LogP contribution in [-0.2, 0) is 0 Å². The predicted molar refractivity (Wildman–Crippen MR) is 44.9 cm³/mol. The maximum Gasteiger partial charge on any atom is 0.0579 e. The monoisotopic (exact) mass is 142 g/mol. The lowest BCUT2D eigenvalue weighted by Crippen LogP contribution is -2.09. The molecule has 0 aliphatic carbocycles. The highest BCUT2D eigenvalue weighted by Crippen LogP contribution is 2.10. The molecule has 0 rings (SSSR count). The summed E-state index contributed by atoms with van der Waals surface area (Å²) in [5.74, 6) is 0.578. The van der Waals surface area contributed by atoms with Crippen LogP contribution in [-0.4, -0.2) is 11.2 Å². The Balaban J connectivity index is 3.43. The van der Waals surface area contributed by atoms with E-state index in [1.807, 2.05) is 6.92 Å². The molecule has 0 bridgehead atoms. The molecule has 1 nitrogen and oxygen atoms in total. The largest absolute Gasteiger partial charge is 0.393 e. The Hall–Kier alpha value is -0.300. The van der Waals surface area contributed by atoms with Gasteiger partial charge >= 0.3 is 0 Å². The Morgan fingerprint density at radius 2 is 2.00 bits per heavy atom. The lowest BCUT2D eigenvalue weighted by atomic mass is 10.0. The molecule has 60 valence electrons. The van der Waals surface area contributed by atoms with Gasteiger partial charge in [-0.05, 0) is 25.7 Å². The Bertz CT molecular complexity index is 105. The molecule has 1 atom stereocenters. The van der Waals surface area contributed by atoms with Gasteiger partial charge in [0.05, 0.1) is 6.10 Å². The molecule has 0 saturated heterocycles. The van der Waals surface area contributed by atoms with Crippen molar-refractivity contribution in [2.45, 2.75) is 39.7 Å². The van der Waals surface area contributed by atoms with Gasteiger partial charge in [0.25, 0.3) is 0 Å². The van der Waals surface area contributed by atoms with Crippen LogP contribution in [0.2, 0.25) is 0 Å². The lowest BCUT2D eigenvalue weighted by molar-refractivity contribution is 0.149. The standard InChI is InChI=1S/C9H18O/c1-7(2)5-9(10)6-8(3)4/h8-10H,1,5-6H2,2-4H3. The zero-order chi connectivity index (χ0) is 8.15. The smallest absolute Gasteiger partial charge is 0.0579 e. The van der Waals surface area contributed by atoms with E-state index in [1.54, 1.807) is 0 Å². The molecule has 0 fully saturated rings. The molecule has 0 aliphatic rings. The molecule has 0 amide bonds. The molecular weight excluding hydrogens is 124 g/mol. The highest BCUT2D eigenvalue weighted by molar-refractivity contribution is 4.90. The van der Waals surface area contributed by atoms with Crippen molar-refractivity contribution < 1.29 is 5.11 Å². The topological polar surface area (TPSA) is 20.2 Å². The van der Waals surface area contributed by atoms with Crippen LogP contribution in [0.25, 0.3) is 0 Å². The van der Waals surface area contributed by atoms with Gasteiger partial charge in [0.15, 0.2) is 0 Å². The van der Waals surface area contributed by atoms with Crippen LogP contribution in [0, 0.1) is 5.92 Å².